The first-order valence-corrected chi connectivity index (χ1v) is 14.8. The molecule has 6 rings (SSSR count). The molecule has 0 fully saturated rings. The van der Waals surface area contributed by atoms with Crippen LogP contribution in [0, 0.1) is 11.8 Å². The predicted molar refractivity (Wildman–Crippen MR) is 126 cm³/mol. The first-order chi connectivity index (χ1) is 13.9. The molecule has 0 spiro atoms. The molecule has 0 nitrogen and oxygen atoms in total. The Morgan fingerprint density at radius 1 is 0.679 bits per heavy atom. The van der Waals surface area contributed by atoms with Crippen molar-refractivity contribution in [3.63, 3.8) is 0 Å². The largest absolute Gasteiger partial charge is 0.0943 e. The van der Waals surface area contributed by atoms with Gasteiger partial charge in [0, 0.05) is 23.2 Å². The van der Waals surface area contributed by atoms with Gasteiger partial charge in [0.1, 0.15) is 0 Å². The highest BCUT2D eigenvalue weighted by Crippen LogP contribution is 2.64. The third-order valence-electron chi connectivity index (χ3n) is 8.06. The maximum atomic E-state index is 2.57. The SMILES string of the molecule is C1=C[C@@H]2C=CC3=CCC[C@@H]3P(CCP3C4CC=C[C@@H]4C=CC4=CCC[C@@H]43)C2C1. The van der Waals surface area contributed by atoms with E-state index in [1.165, 1.54) is 38.5 Å². The monoisotopic (exact) mass is 406 g/mol. The second-order valence-electron chi connectivity index (χ2n) is 9.41. The maximum absolute atomic E-state index is 2.57. The molecule has 0 bridgehead atoms. The molecule has 6 aliphatic rings. The van der Waals surface area contributed by atoms with E-state index in [1.54, 1.807) is 23.5 Å². The minimum Gasteiger partial charge on any atom is -0.0943 e. The zero-order valence-corrected chi connectivity index (χ0v) is 18.6. The molecule has 0 aromatic carbocycles. The second kappa shape index (κ2) is 7.52. The van der Waals surface area contributed by atoms with Gasteiger partial charge in [-0.25, -0.2) is 0 Å². The normalized spacial score (nSPS) is 45.1. The number of fused-ring (bicyclic) bond motifs is 4. The lowest BCUT2D eigenvalue weighted by molar-refractivity contribution is 0.766. The molecule has 4 aliphatic carbocycles. The molecule has 0 aromatic rings. The van der Waals surface area contributed by atoms with Crippen LogP contribution in [0.15, 0.2) is 71.9 Å². The van der Waals surface area contributed by atoms with E-state index in [4.69, 9.17) is 0 Å². The van der Waals surface area contributed by atoms with Gasteiger partial charge in [-0.15, -0.1) is 0 Å². The Hall–Kier alpha value is -0.700. The summed E-state index contributed by atoms with van der Waals surface area (Å²) in [6.07, 6.45) is 36.6. The van der Waals surface area contributed by atoms with Gasteiger partial charge in [-0.2, -0.15) is 0 Å². The number of hydrogen-bond donors (Lipinski definition) is 0. The van der Waals surface area contributed by atoms with E-state index in [-0.39, 0.29) is 15.8 Å². The van der Waals surface area contributed by atoms with Crippen molar-refractivity contribution < 1.29 is 0 Å². The molecular formula is C26H32P2. The van der Waals surface area contributed by atoms with Gasteiger partial charge in [0.2, 0.25) is 0 Å². The van der Waals surface area contributed by atoms with Gasteiger partial charge in [-0.3, -0.25) is 0 Å². The predicted octanol–water partition coefficient (Wildman–Crippen LogP) is 7.16. The van der Waals surface area contributed by atoms with Crippen molar-refractivity contribution in [3.05, 3.63) is 71.9 Å². The van der Waals surface area contributed by atoms with E-state index < -0.39 is 0 Å². The summed E-state index contributed by atoms with van der Waals surface area (Å²) in [7, 11) is 0.228. The zero-order chi connectivity index (χ0) is 18.5. The highest BCUT2D eigenvalue weighted by atomic mass is 31.1. The molecular weight excluding hydrogens is 374 g/mol. The Kier molecular flexibility index (Phi) is 4.86. The van der Waals surface area contributed by atoms with Crippen LogP contribution in [0.4, 0.5) is 0 Å². The summed E-state index contributed by atoms with van der Waals surface area (Å²) in [5.41, 5.74) is 7.14. The molecule has 2 heteroatoms. The van der Waals surface area contributed by atoms with Crippen molar-refractivity contribution in [3.8, 4) is 0 Å². The minimum atomic E-state index is 0.114. The smallest absolute Gasteiger partial charge is 0.00444 e. The lowest BCUT2D eigenvalue weighted by Gasteiger charge is -2.37. The van der Waals surface area contributed by atoms with Crippen molar-refractivity contribution >= 4 is 15.8 Å². The van der Waals surface area contributed by atoms with Crippen LogP contribution in [0.3, 0.4) is 0 Å². The lowest BCUT2D eigenvalue weighted by Crippen LogP contribution is -2.23. The molecule has 146 valence electrons. The maximum Gasteiger partial charge on any atom is 0.00444 e. The molecule has 0 radical (unpaired) electrons. The number of rotatable bonds is 3. The van der Waals surface area contributed by atoms with Crippen LogP contribution in [-0.4, -0.2) is 35.0 Å². The molecule has 2 aliphatic heterocycles. The summed E-state index contributed by atoms with van der Waals surface area (Å²) in [6, 6.07) is 0. The first-order valence-electron chi connectivity index (χ1n) is 11.5. The molecule has 2 heterocycles. The van der Waals surface area contributed by atoms with Gasteiger partial charge in [-0.05, 0) is 73.3 Å². The summed E-state index contributed by atoms with van der Waals surface area (Å²) in [5, 5.41) is 0. The lowest BCUT2D eigenvalue weighted by atomic mass is 10.1. The molecule has 0 saturated carbocycles. The zero-order valence-electron chi connectivity index (χ0n) is 16.8. The Morgan fingerprint density at radius 3 is 1.68 bits per heavy atom. The summed E-state index contributed by atoms with van der Waals surface area (Å²) >= 11 is 0. The van der Waals surface area contributed by atoms with Gasteiger partial charge < -0.3 is 0 Å². The minimum absolute atomic E-state index is 0.114. The first kappa shape index (κ1) is 18.1. The van der Waals surface area contributed by atoms with Crippen molar-refractivity contribution in [2.75, 3.05) is 12.3 Å². The van der Waals surface area contributed by atoms with Crippen LogP contribution < -0.4 is 0 Å². The van der Waals surface area contributed by atoms with Crippen LogP contribution in [0.25, 0.3) is 0 Å². The Morgan fingerprint density at radius 2 is 1.18 bits per heavy atom. The fraction of sp³-hybridized carbons (Fsp3) is 0.538. The Labute approximate surface area is 173 Å². The molecule has 28 heavy (non-hydrogen) atoms. The Bertz CT molecular complexity index is 742. The molecule has 4 unspecified atom stereocenters. The molecule has 8 atom stereocenters. The quantitative estimate of drug-likeness (QED) is 0.345. The van der Waals surface area contributed by atoms with E-state index in [0.717, 1.165) is 34.5 Å². The van der Waals surface area contributed by atoms with E-state index in [9.17, 15) is 0 Å². The van der Waals surface area contributed by atoms with E-state index >= 15 is 0 Å². The van der Waals surface area contributed by atoms with E-state index in [1.807, 2.05) is 0 Å². The topological polar surface area (TPSA) is 0 Å². The van der Waals surface area contributed by atoms with Gasteiger partial charge in [0.15, 0.2) is 0 Å². The van der Waals surface area contributed by atoms with Crippen LogP contribution in [0.2, 0.25) is 0 Å². The van der Waals surface area contributed by atoms with Gasteiger partial charge >= 0.3 is 0 Å². The third-order valence-corrected chi connectivity index (χ3v) is 15.4. The van der Waals surface area contributed by atoms with Gasteiger partial charge in [0.25, 0.3) is 0 Å². The van der Waals surface area contributed by atoms with Crippen molar-refractivity contribution in [1.82, 2.24) is 0 Å². The fourth-order valence-electron chi connectivity index (χ4n) is 6.69. The summed E-state index contributed by atoms with van der Waals surface area (Å²) in [6.45, 7) is 0. The molecule has 0 saturated heterocycles. The molecule has 0 N–H and O–H groups in total. The van der Waals surface area contributed by atoms with E-state index in [0.29, 0.717) is 0 Å². The second-order valence-corrected chi connectivity index (χ2v) is 14.9. The Balaban J connectivity index is 1.25. The third kappa shape index (κ3) is 3.02. The average molecular weight is 406 g/mol. The highest BCUT2D eigenvalue weighted by Gasteiger charge is 2.42. The van der Waals surface area contributed by atoms with Gasteiger partial charge in [-0.1, -0.05) is 76.6 Å². The standard InChI is InChI=1S/C26H32P2/c1-5-19-13-14-20-6-2-10-24(20)27(23(19)9-1)17-18-28-25-11-3-7-21(25)15-16-22-8-4-12-26(22)28/h1,3,5-8,13-16,19,21,23-26H,2,4,9-12,17-18H2/t19-,21-,23?,24+,25?,26+,27?,28?/m1/s1. The summed E-state index contributed by atoms with van der Waals surface area (Å²) < 4.78 is 0. The number of hydrogen-bond acceptors (Lipinski definition) is 0. The van der Waals surface area contributed by atoms with Crippen LogP contribution in [0.1, 0.15) is 38.5 Å². The molecule has 0 aromatic heterocycles. The van der Waals surface area contributed by atoms with Crippen molar-refractivity contribution in [1.29, 1.82) is 0 Å². The van der Waals surface area contributed by atoms with Crippen LogP contribution in [0.5, 0.6) is 0 Å². The summed E-state index contributed by atoms with van der Waals surface area (Å²) in [4.78, 5) is 0. The van der Waals surface area contributed by atoms with Crippen LogP contribution >= 0.6 is 15.8 Å². The van der Waals surface area contributed by atoms with Crippen LogP contribution in [-0.2, 0) is 0 Å². The summed E-state index contributed by atoms with van der Waals surface area (Å²) in [5.74, 6) is 1.48. The van der Waals surface area contributed by atoms with Gasteiger partial charge in [0.05, 0.1) is 0 Å². The van der Waals surface area contributed by atoms with E-state index in [2.05, 4.69) is 60.8 Å². The van der Waals surface area contributed by atoms with Crippen molar-refractivity contribution in [2.24, 2.45) is 11.8 Å². The fourth-order valence-corrected chi connectivity index (χ4v) is 14.9. The number of allylic oxidation sites excluding steroid dienone is 12. The average Bonchev–Trinajstić information content (AvgIpc) is 3.48. The molecule has 0 amide bonds. The highest BCUT2D eigenvalue weighted by molar-refractivity contribution is 7.63. The van der Waals surface area contributed by atoms with Crippen molar-refractivity contribution in [2.45, 2.75) is 61.2 Å².